The molecule has 4 aromatic carbocycles. The molecule has 0 aliphatic carbocycles. The molecule has 190 valence electrons. The van der Waals surface area contributed by atoms with E-state index in [2.05, 4.69) is 61.6 Å². The molecule has 38 heavy (non-hydrogen) atoms. The van der Waals surface area contributed by atoms with Crippen LogP contribution in [0.5, 0.6) is 5.75 Å². The van der Waals surface area contributed by atoms with Gasteiger partial charge in [-0.05, 0) is 41.8 Å². The molecule has 0 bridgehead atoms. The summed E-state index contributed by atoms with van der Waals surface area (Å²) < 4.78 is 6.23. The van der Waals surface area contributed by atoms with E-state index in [-0.39, 0.29) is 5.91 Å². The molecule has 0 aromatic heterocycles. The van der Waals surface area contributed by atoms with Crippen molar-refractivity contribution in [3.8, 4) is 5.75 Å². The van der Waals surface area contributed by atoms with Gasteiger partial charge in [0, 0.05) is 16.5 Å². The first-order chi connectivity index (χ1) is 18.6. The third kappa shape index (κ3) is 4.54. The van der Waals surface area contributed by atoms with Gasteiger partial charge in [-0.25, -0.2) is 5.01 Å². The lowest BCUT2D eigenvalue weighted by molar-refractivity contribution is -0.116. The van der Waals surface area contributed by atoms with Crippen LogP contribution in [0.4, 0.5) is 0 Å². The number of carbonyl (C=O) groups excluding carboxylic acids is 1. The van der Waals surface area contributed by atoms with Crippen molar-refractivity contribution >= 4 is 39.3 Å². The molecule has 1 N–H and O–H groups in total. The van der Waals surface area contributed by atoms with E-state index in [0.29, 0.717) is 23.2 Å². The van der Waals surface area contributed by atoms with Gasteiger partial charge in [0.2, 0.25) is 0 Å². The average molecular weight is 521 g/mol. The Hall–Kier alpha value is -4.10. The zero-order chi connectivity index (χ0) is 26.1. The molecular formula is C31H28N4O2S. The number of rotatable bonds is 6. The van der Waals surface area contributed by atoms with Crippen LogP contribution in [0.3, 0.4) is 0 Å². The minimum atomic E-state index is -0.557. The van der Waals surface area contributed by atoms with E-state index in [9.17, 15) is 4.79 Å². The Morgan fingerprint density at radius 1 is 0.974 bits per heavy atom. The number of ether oxygens (including phenoxy) is 1. The monoisotopic (exact) mass is 520 g/mol. The Morgan fingerprint density at radius 2 is 1.76 bits per heavy atom. The van der Waals surface area contributed by atoms with Crippen LogP contribution in [0, 0.1) is 6.92 Å². The molecule has 7 heteroatoms. The van der Waals surface area contributed by atoms with Crippen LogP contribution >= 0.6 is 11.8 Å². The molecule has 2 heterocycles. The van der Waals surface area contributed by atoms with E-state index in [0.717, 1.165) is 39.1 Å². The lowest BCUT2D eigenvalue weighted by Crippen LogP contribution is -2.50. The Bertz CT molecular complexity index is 1680. The Labute approximate surface area is 225 Å². The molecule has 6 rings (SSSR count). The van der Waals surface area contributed by atoms with E-state index < -0.39 is 6.17 Å². The van der Waals surface area contributed by atoms with Gasteiger partial charge in [-0.1, -0.05) is 97.0 Å². The minimum Gasteiger partial charge on any atom is -0.493 e. The number of hydrogen-bond acceptors (Lipinski definition) is 6. The number of nitrogens with one attached hydrogen (secondary N) is 1. The number of hydrazone groups is 1. The standard InChI is InChI=1S/C31H28N4O2S/c1-3-18-37-26-17-16-22-8-4-5-9-23(22)27(26)29-32-25-11-7-6-10-24(25)28-30(36)33-31(34-35(28)29)38-19-21-14-12-20(2)13-15-21/h4-17,29H,3,18-19H2,1-2H3,(H,33,34,36). The molecule has 4 aromatic rings. The molecule has 1 unspecified atom stereocenters. The first kappa shape index (κ1) is 24.2. The normalized spacial score (nSPS) is 16.3. The Morgan fingerprint density at radius 3 is 2.61 bits per heavy atom. The molecule has 0 fully saturated rings. The highest BCUT2D eigenvalue weighted by Gasteiger charge is 2.36. The zero-order valence-electron chi connectivity index (χ0n) is 21.3. The maximum absolute atomic E-state index is 13.6. The fraction of sp³-hybridized carbons (Fsp3) is 0.194. The molecule has 6 nitrogen and oxygen atoms in total. The molecule has 0 saturated carbocycles. The number of para-hydroxylation sites is 1. The number of nitrogens with zero attached hydrogens (tertiary/aromatic N) is 3. The number of fused-ring (bicyclic) bond motifs is 3. The fourth-order valence-corrected chi connectivity index (χ4v) is 5.60. The smallest absolute Gasteiger partial charge is 0.276 e. The summed E-state index contributed by atoms with van der Waals surface area (Å²) in [7, 11) is 0. The highest BCUT2D eigenvalue weighted by Crippen LogP contribution is 2.40. The molecule has 1 atom stereocenters. The molecule has 2 aliphatic rings. The van der Waals surface area contributed by atoms with Crippen molar-refractivity contribution in [2.45, 2.75) is 32.2 Å². The maximum atomic E-state index is 13.6. The van der Waals surface area contributed by atoms with Gasteiger partial charge in [0.05, 0.1) is 12.0 Å². The van der Waals surface area contributed by atoms with Crippen LogP contribution in [0.15, 0.2) is 95.0 Å². The summed E-state index contributed by atoms with van der Waals surface area (Å²) in [5, 5.41) is 14.0. The average Bonchev–Trinajstić information content (AvgIpc) is 2.95. The summed E-state index contributed by atoms with van der Waals surface area (Å²) in [6, 6.07) is 28.4. The second-order valence-electron chi connectivity index (χ2n) is 9.39. The quantitative estimate of drug-likeness (QED) is 0.388. The van der Waals surface area contributed by atoms with Crippen LogP contribution in [0.2, 0.25) is 0 Å². The van der Waals surface area contributed by atoms with Gasteiger partial charge in [-0.2, -0.15) is 0 Å². The molecule has 0 spiro atoms. The van der Waals surface area contributed by atoms with E-state index in [1.54, 1.807) is 5.01 Å². The third-order valence-corrected chi connectivity index (χ3v) is 7.60. The van der Waals surface area contributed by atoms with Gasteiger partial charge in [0.1, 0.15) is 11.4 Å². The number of thioether (sulfide) groups is 1. The molecular weight excluding hydrogens is 492 g/mol. The van der Waals surface area contributed by atoms with Crippen LogP contribution < -0.4 is 20.6 Å². The summed E-state index contributed by atoms with van der Waals surface area (Å²) in [4.78, 5) is 18.7. The van der Waals surface area contributed by atoms with Crippen LogP contribution in [0.1, 0.15) is 36.2 Å². The SMILES string of the molecule is CCCOc1ccc2ccccc2c1C1N=c2ccccc2=C2C(=O)NC(SCc3ccc(C)cc3)=NN21. The first-order valence-corrected chi connectivity index (χ1v) is 13.8. The Balaban J connectivity index is 1.49. The summed E-state index contributed by atoms with van der Waals surface area (Å²) in [6.45, 7) is 4.75. The number of benzene rings is 4. The highest BCUT2D eigenvalue weighted by molar-refractivity contribution is 8.13. The summed E-state index contributed by atoms with van der Waals surface area (Å²) in [5.41, 5.74) is 3.79. The molecule has 0 radical (unpaired) electrons. The summed E-state index contributed by atoms with van der Waals surface area (Å²) in [6.07, 6.45) is 0.331. The van der Waals surface area contributed by atoms with Crippen molar-refractivity contribution in [1.29, 1.82) is 0 Å². The van der Waals surface area contributed by atoms with E-state index in [1.165, 1.54) is 22.9 Å². The van der Waals surface area contributed by atoms with E-state index in [4.69, 9.17) is 14.8 Å². The van der Waals surface area contributed by atoms with Crippen molar-refractivity contribution < 1.29 is 9.53 Å². The third-order valence-electron chi connectivity index (χ3n) is 6.66. The first-order valence-electron chi connectivity index (χ1n) is 12.8. The number of aryl methyl sites for hydroxylation is 1. The van der Waals surface area contributed by atoms with Gasteiger partial charge in [-0.15, -0.1) is 5.10 Å². The fourth-order valence-electron chi connectivity index (χ4n) is 4.80. The number of hydrogen-bond donors (Lipinski definition) is 1. The predicted octanol–water partition coefficient (Wildman–Crippen LogP) is 5.01. The largest absolute Gasteiger partial charge is 0.493 e. The van der Waals surface area contributed by atoms with Gasteiger partial charge in [0.25, 0.3) is 5.91 Å². The predicted molar refractivity (Wildman–Crippen MR) is 153 cm³/mol. The van der Waals surface area contributed by atoms with Gasteiger partial charge in [-0.3, -0.25) is 15.1 Å². The number of amidine groups is 1. The molecule has 2 aliphatic heterocycles. The molecule has 0 saturated heterocycles. The Kier molecular flexibility index (Phi) is 6.60. The number of carbonyl (C=O) groups is 1. The van der Waals surface area contributed by atoms with E-state index in [1.807, 2.05) is 42.5 Å². The van der Waals surface area contributed by atoms with Gasteiger partial charge >= 0.3 is 0 Å². The minimum absolute atomic E-state index is 0.185. The van der Waals surface area contributed by atoms with Crippen molar-refractivity contribution in [3.63, 3.8) is 0 Å². The maximum Gasteiger partial charge on any atom is 0.276 e. The lowest BCUT2D eigenvalue weighted by Gasteiger charge is -2.35. The van der Waals surface area contributed by atoms with Crippen LogP contribution in [-0.2, 0) is 10.5 Å². The van der Waals surface area contributed by atoms with Crippen LogP contribution in [-0.4, -0.2) is 22.7 Å². The summed E-state index contributed by atoms with van der Waals surface area (Å²) >= 11 is 1.51. The lowest BCUT2D eigenvalue weighted by atomic mass is 9.99. The topological polar surface area (TPSA) is 66.3 Å². The van der Waals surface area contributed by atoms with E-state index >= 15 is 0 Å². The highest BCUT2D eigenvalue weighted by atomic mass is 32.2. The van der Waals surface area contributed by atoms with Gasteiger partial charge < -0.3 is 4.74 Å². The number of amides is 1. The second kappa shape index (κ2) is 10.3. The van der Waals surface area contributed by atoms with Crippen molar-refractivity contribution in [2.75, 3.05) is 6.61 Å². The van der Waals surface area contributed by atoms with Crippen molar-refractivity contribution in [1.82, 2.24) is 10.3 Å². The summed E-state index contributed by atoms with van der Waals surface area (Å²) in [5.74, 6) is 1.27. The van der Waals surface area contributed by atoms with Crippen LogP contribution in [0.25, 0.3) is 16.5 Å². The van der Waals surface area contributed by atoms with Gasteiger partial charge in [0.15, 0.2) is 11.3 Å². The zero-order valence-corrected chi connectivity index (χ0v) is 22.2. The van der Waals surface area contributed by atoms with Crippen molar-refractivity contribution in [3.05, 3.63) is 112 Å². The van der Waals surface area contributed by atoms with Crippen molar-refractivity contribution in [2.24, 2.45) is 10.1 Å². The molecule has 1 amide bonds. The second-order valence-corrected chi connectivity index (χ2v) is 10.4.